The average Bonchev–Trinajstić information content (AvgIpc) is 3.42. The van der Waals surface area contributed by atoms with Gasteiger partial charge in [0.2, 0.25) is 5.91 Å². The van der Waals surface area contributed by atoms with Gasteiger partial charge in [-0.1, -0.05) is 109 Å². The molecule has 1 fully saturated rings. The number of carbonyl (C=O) groups is 2. The van der Waals surface area contributed by atoms with Crippen LogP contribution < -0.4 is 10.6 Å². The Kier molecular flexibility index (Phi) is 8.78. The van der Waals surface area contributed by atoms with Crippen LogP contribution in [-0.4, -0.2) is 54.6 Å². The van der Waals surface area contributed by atoms with E-state index in [1.807, 2.05) is 48.5 Å². The fraction of sp³-hybridized carbons (Fsp3) is 0.220. The smallest absolute Gasteiger partial charge is 0.318 e. The van der Waals surface area contributed by atoms with E-state index in [1.54, 1.807) is 18.2 Å². The third-order valence-electron chi connectivity index (χ3n) is 10.1. The molecule has 0 spiro atoms. The quantitative estimate of drug-likeness (QED) is 0.148. The van der Waals surface area contributed by atoms with Crippen LogP contribution in [0.1, 0.15) is 40.7 Å². The Morgan fingerprint density at radius 3 is 2.04 bits per heavy atom. The number of halogens is 1. The van der Waals surface area contributed by atoms with Crippen LogP contribution in [0.3, 0.4) is 0 Å². The van der Waals surface area contributed by atoms with Crippen molar-refractivity contribution in [3.8, 4) is 33.4 Å². The molecule has 2 aliphatic rings. The zero-order valence-electron chi connectivity index (χ0n) is 26.7. The zero-order chi connectivity index (χ0) is 33.3. The van der Waals surface area contributed by atoms with Crippen LogP contribution in [0.4, 0.5) is 5.69 Å². The number of carboxylic acid groups (broad SMARTS) is 1. The lowest BCUT2D eigenvalue weighted by Gasteiger charge is -2.36. The minimum Gasteiger partial charge on any atom is -0.480 e. The van der Waals surface area contributed by atoms with Crippen molar-refractivity contribution in [2.75, 3.05) is 37.6 Å². The van der Waals surface area contributed by atoms with Crippen molar-refractivity contribution in [1.29, 1.82) is 0 Å². The van der Waals surface area contributed by atoms with E-state index in [1.165, 1.54) is 16.8 Å². The Morgan fingerprint density at radius 1 is 0.708 bits per heavy atom. The molecule has 1 aliphatic heterocycles. The Hall–Kier alpha value is -4.91. The summed E-state index contributed by atoms with van der Waals surface area (Å²) in [5.74, 6) is -1.43. The van der Waals surface area contributed by atoms with Gasteiger partial charge >= 0.3 is 5.97 Å². The number of fused-ring (bicyclic) bond motifs is 3. The summed E-state index contributed by atoms with van der Waals surface area (Å²) in [4.78, 5) is 30.3. The Morgan fingerprint density at radius 2 is 1.35 bits per heavy atom. The molecule has 3 N–H and O–H groups in total. The van der Waals surface area contributed by atoms with Gasteiger partial charge in [0.15, 0.2) is 0 Å². The number of rotatable bonds is 10. The molecule has 1 amide bonds. The van der Waals surface area contributed by atoms with Gasteiger partial charge in [0.05, 0.1) is 0 Å². The maximum atomic E-state index is 13.5. The predicted molar refractivity (Wildman–Crippen MR) is 194 cm³/mol. The highest BCUT2D eigenvalue weighted by Crippen LogP contribution is 2.55. The first-order chi connectivity index (χ1) is 23.4. The lowest BCUT2D eigenvalue weighted by Crippen LogP contribution is -2.46. The second-order valence-corrected chi connectivity index (χ2v) is 13.1. The highest BCUT2D eigenvalue weighted by Gasteiger charge is 2.50. The van der Waals surface area contributed by atoms with Gasteiger partial charge < -0.3 is 15.7 Å². The number of hydrogen-bond donors (Lipinski definition) is 2. The van der Waals surface area contributed by atoms with E-state index in [2.05, 4.69) is 58.3 Å². The van der Waals surface area contributed by atoms with Gasteiger partial charge in [-0.05, 0) is 82.6 Å². The second kappa shape index (κ2) is 13.3. The molecule has 1 saturated heterocycles. The third kappa shape index (κ3) is 5.76. The van der Waals surface area contributed by atoms with E-state index >= 15 is 0 Å². The molecule has 0 aromatic heterocycles. The van der Waals surface area contributed by atoms with Gasteiger partial charge in [-0.25, -0.2) is 0 Å². The first kappa shape index (κ1) is 31.7. The molecule has 5 aromatic rings. The molecule has 6 nitrogen and oxygen atoms in total. The van der Waals surface area contributed by atoms with E-state index < -0.39 is 17.3 Å². The maximum Gasteiger partial charge on any atom is 0.318 e. The number of hydrogen-bond acceptors (Lipinski definition) is 4. The van der Waals surface area contributed by atoms with Crippen LogP contribution in [0.25, 0.3) is 33.4 Å². The molecule has 48 heavy (non-hydrogen) atoms. The standard InChI is InChI=1S/C41H38ClN3O3/c42-37-27-30(39(43)46)17-20-33(37)35-13-8-12-34-32-11-4-5-14-36(32)41(38(34)35,40(47)48)21-6-7-22-44-23-25-45(26-24-44)31-18-15-29(16-19-31)28-9-2-1-3-10-28/h1-5,8-20,27H,6-7,21-26H2,(H2,43,46)(H,47,48). The number of nitrogens with zero attached hydrogens (tertiary/aromatic N) is 2. The van der Waals surface area contributed by atoms with Gasteiger partial charge in [-0.2, -0.15) is 0 Å². The highest BCUT2D eigenvalue weighted by atomic mass is 35.5. The van der Waals surface area contributed by atoms with E-state index in [0.29, 0.717) is 22.6 Å². The normalized spacial score (nSPS) is 17.1. The highest BCUT2D eigenvalue weighted by molar-refractivity contribution is 6.34. The van der Waals surface area contributed by atoms with E-state index in [-0.39, 0.29) is 0 Å². The molecule has 0 radical (unpaired) electrons. The number of primary amides is 1. The average molecular weight is 656 g/mol. The molecule has 1 heterocycles. The maximum absolute atomic E-state index is 13.5. The minimum atomic E-state index is -1.22. The molecule has 0 saturated carbocycles. The number of unbranched alkanes of at least 4 members (excludes halogenated alkanes) is 1. The molecule has 7 rings (SSSR count). The topological polar surface area (TPSA) is 86.9 Å². The first-order valence-corrected chi connectivity index (χ1v) is 16.9. The Balaban J connectivity index is 1.06. The molecule has 5 aromatic carbocycles. The third-order valence-corrected chi connectivity index (χ3v) is 10.4. The first-order valence-electron chi connectivity index (χ1n) is 16.6. The summed E-state index contributed by atoms with van der Waals surface area (Å²) in [5.41, 5.74) is 13.2. The molecular weight excluding hydrogens is 618 g/mol. The van der Waals surface area contributed by atoms with Crippen molar-refractivity contribution < 1.29 is 14.7 Å². The van der Waals surface area contributed by atoms with Gasteiger partial charge in [0.25, 0.3) is 0 Å². The SMILES string of the molecule is NC(=O)c1ccc(-c2cccc3c2C(CCCCN2CCN(c4ccc(-c5ccccc5)cc4)CC2)(C(=O)O)c2ccccc2-3)c(Cl)c1. The minimum absolute atomic E-state index is 0.311. The van der Waals surface area contributed by atoms with E-state index in [4.69, 9.17) is 17.3 Å². The van der Waals surface area contributed by atoms with Crippen LogP contribution in [0.5, 0.6) is 0 Å². The second-order valence-electron chi connectivity index (χ2n) is 12.7. The fourth-order valence-electron chi connectivity index (χ4n) is 7.61. The molecule has 242 valence electrons. The summed E-state index contributed by atoms with van der Waals surface area (Å²) in [6.45, 7) is 4.79. The number of carboxylic acids is 1. The van der Waals surface area contributed by atoms with Crippen molar-refractivity contribution in [3.05, 3.63) is 137 Å². The van der Waals surface area contributed by atoms with Crippen LogP contribution in [0, 0.1) is 0 Å². The Labute approximate surface area is 286 Å². The summed E-state index contributed by atoms with van der Waals surface area (Å²) in [6.07, 6.45) is 2.12. The van der Waals surface area contributed by atoms with Gasteiger partial charge in [0.1, 0.15) is 5.41 Å². The zero-order valence-corrected chi connectivity index (χ0v) is 27.5. The largest absolute Gasteiger partial charge is 0.480 e. The van der Waals surface area contributed by atoms with Gasteiger partial charge in [-0.3, -0.25) is 14.5 Å². The van der Waals surface area contributed by atoms with Crippen molar-refractivity contribution in [1.82, 2.24) is 4.90 Å². The number of nitrogens with two attached hydrogens (primary N) is 1. The monoisotopic (exact) mass is 655 g/mol. The number of amides is 1. The summed E-state index contributed by atoms with van der Waals surface area (Å²) >= 11 is 6.72. The van der Waals surface area contributed by atoms with E-state index in [0.717, 1.165) is 73.4 Å². The van der Waals surface area contributed by atoms with Gasteiger partial charge in [0, 0.05) is 48.0 Å². The summed E-state index contributed by atoms with van der Waals surface area (Å²) < 4.78 is 0. The van der Waals surface area contributed by atoms with Crippen LogP contribution >= 0.6 is 11.6 Å². The van der Waals surface area contributed by atoms with Crippen LogP contribution in [0.2, 0.25) is 5.02 Å². The summed E-state index contributed by atoms with van der Waals surface area (Å²) in [6, 6.07) is 38.0. The number of carbonyl (C=O) groups excluding carboxylic acids is 1. The fourth-order valence-corrected chi connectivity index (χ4v) is 7.89. The number of piperazine rings is 1. The Bertz CT molecular complexity index is 1970. The van der Waals surface area contributed by atoms with Crippen molar-refractivity contribution in [2.45, 2.75) is 24.7 Å². The van der Waals surface area contributed by atoms with Crippen LogP contribution in [-0.2, 0) is 10.2 Å². The molecule has 1 atom stereocenters. The summed E-state index contributed by atoms with van der Waals surface area (Å²) in [5, 5.41) is 11.4. The predicted octanol–water partition coefficient (Wildman–Crippen LogP) is 8.12. The molecule has 1 unspecified atom stereocenters. The molecule has 7 heteroatoms. The number of benzene rings is 5. The summed E-state index contributed by atoms with van der Waals surface area (Å²) in [7, 11) is 0. The molecule has 1 aliphatic carbocycles. The number of anilines is 1. The van der Waals surface area contributed by atoms with Crippen LogP contribution in [0.15, 0.2) is 115 Å². The lowest BCUT2D eigenvalue weighted by molar-refractivity contribution is -0.142. The lowest BCUT2D eigenvalue weighted by atomic mass is 9.72. The van der Waals surface area contributed by atoms with E-state index in [9.17, 15) is 14.7 Å². The van der Waals surface area contributed by atoms with Crippen molar-refractivity contribution in [2.24, 2.45) is 5.73 Å². The van der Waals surface area contributed by atoms with Crippen molar-refractivity contribution >= 4 is 29.2 Å². The van der Waals surface area contributed by atoms with Gasteiger partial charge in [-0.15, -0.1) is 0 Å². The number of aliphatic carboxylic acids is 1. The molecular formula is C41H38ClN3O3. The van der Waals surface area contributed by atoms with Crippen molar-refractivity contribution in [3.63, 3.8) is 0 Å². The molecule has 0 bridgehead atoms.